The first-order valence-corrected chi connectivity index (χ1v) is 8.00. The minimum atomic E-state index is 0.502. The second-order valence-electron chi connectivity index (χ2n) is 5.18. The fourth-order valence-corrected chi connectivity index (χ4v) is 1.98. The van der Waals surface area contributed by atoms with Gasteiger partial charge >= 0.3 is 0 Å². The van der Waals surface area contributed by atoms with Crippen molar-refractivity contribution in [2.45, 2.75) is 39.2 Å². The van der Waals surface area contributed by atoms with Crippen LogP contribution < -0.4 is 15.8 Å². The Morgan fingerprint density at radius 1 is 1.23 bits per heavy atom. The summed E-state index contributed by atoms with van der Waals surface area (Å²) in [5.41, 5.74) is 6.94. The number of nitrogens with one attached hydrogen (secondary N) is 1. The van der Waals surface area contributed by atoms with Crippen molar-refractivity contribution < 1.29 is 9.47 Å². The summed E-state index contributed by atoms with van der Waals surface area (Å²) >= 11 is 0. The highest BCUT2D eigenvalue weighted by atomic mass is 16.5. The molecular formula is C17H29N3O2. The molecule has 0 heterocycles. The molecule has 1 rings (SSSR count). The molecule has 0 amide bonds. The third-order valence-electron chi connectivity index (χ3n) is 3.22. The molecule has 0 saturated heterocycles. The standard InChI is InChI=1S/C17H29N3O2/c1-3-4-5-6-10-19-17(18)20-14-15-8-7-9-16(13-15)22-12-11-21-2/h7-9,13H,3-6,10-12,14H2,1-2H3,(H3,18,19,20). The molecule has 0 unspecified atom stereocenters. The summed E-state index contributed by atoms with van der Waals surface area (Å²) in [6.45, 7) is 4.77. The van der Waals surface area contributed by atoms with Gasteiger partial charge in [-0.1, -0.05) is 38.3 Å². The normalized spacial score (nSPS) is 11.5. The van der Waals surface area contributed by atoms with Crippen LogP contribution in [0.2, 0.25) is 0 Å². The van der Waals surface area contributed by atoms with Gasteiger partial charge in [0.25, 0.3) is 0 Å². The lowest BCUT2D eigenvalue weighted by molar-refractivity contribution is 0.146. The van der Waals surface area contributed by atoms with E-state index in [1.54, 1.807) is 7.11 Å². The van der Waals surface area contributed by atoms with E-state index in [0.717, 1.165) is 24.3 Å². The number of aliphatic imine (C=N–C) groups is 1. The van der Waals surface area contributed by atoms with Gasteiger partial charge in [-0.2, -0.15) is 0 Å². The van der Waals surface area contributed by atoms with Gasteiger partial charge in [-0.15, -0.1) is 0 Å². The number of hydrogen-bond donors (Lipinski definition) is 2. The molecule has 3 N–H and O–H groups in total. The van der Waals surface area contributed by atoms with Gasteiger partial charge in [0.1, 0.15) is 12.4 Å². The number of nitrogens with zero attached hydrogens (tertiary/aromatic N) is 1. The Hall–Kier alpha value is -1.75. The molecule has 0 bridgehead atoms. The van der Waals surface area contributed by atoms with Crippen LogP contribution in [0.25, 0.3) is 0 Å². The van der Waals surface area contributed by atoms with Crippen LogP contribution in [0.1, 0.15) is 38.2 Å². The Labute approximate surface area is 133 Å². The number of benzene rings is 1. The molecule has 0 radical (unpaired) electrons. The van der Waals surface area contributed by atoms with Crippen LogP contribution >= 0.6 is 0 Å². The molecule has 0 aliphatic heterocycles. The van der Waals surface area contributed by atoms with Crippen LogP contribution in [-0.4, -0.2) is 32.8 Å². The summed E-state index contributed by atoms with van der Waals surface area (Å²) in [6, 6.07) is 7.88. The molecule has 0 aliphatic carbocycles. The Morgan fingerprint density at radius 3 is 2.86 bits per heavy atom. The van der Waals surface area contributed by atoms with Gasteiger partial charge in [-0.3, -0.25) is 0 Å². The third kappa shape index (κ3) is 8.52. The van der Waals surface area contributed by atoms with Crippen molar-refractivity contribution in [2.24, 2.45) is 10.7 Å². The van der Waals surface area contributed by atoms with E-state index in [0.29, 0.717) is 25.7 Å². The van der Waals surface area contributed by atoms with E-state index in [1.165, 1.54) is 19.3 Å². The van der Waals surface area contributed by atoms with Crippen LogP contribution in [0.3, 0.4) is 0 Å². The molecule has 1 aromatic carbocycles. The Kier molecular flexibility index (Phi) is 9.87. The molecule has 0 aliphatic rings. The smallest absolute Gasteiger partial charge is 0.188 e. The van der Waals surface area contributed by atoms with Gasteiger partial charge in [0.15, 0.2) is 5.96 Å². The zero-order valence-corrected chi connectivity index (χ0v) is 13.8. The lowest BCUT2D eigenvalue weighted by Crippen LogP contribution is -2.32. The molecule has 5 heteroatoms. The summed E-state index contributed by atoms with van der Waals surface area (Å²) in [5, 5.41) is 3.15. The van der Waals surface area contributed by atoms with E-state index in [4.69, 9.17) is 15.2 Å². The average molecular weight is 307 g/mol. The molecule has 22 heavy (non-hydrogen) atoms. The number of guanidine groups is 1. The predicted octanol–water partition coefficient (Wildman–Crippen LogP) is 2.70. The van der Waals surface area contributed by atoms with Crippen molar-refractivity contribution in [3.05, 3.63) is 29.8 Å². The molecule has 0 aromatic heterocycles. The number of methoxy groups -OCH3 is 1. The Balaban J connectivity index is 2.32. The predicted molar refractivity (Wildman–Crippen MR) is 91.3 cm³/mol. The summed E-state index contributed by atoms with van der Waals surface area (Å²) < 4.78 is 10.5. The molecule has 0 saturated carbocycles. The highest BCUT2D eigenvalue weighted by Crippen LogP contribution is 2.13. The number of nitrogens with two attached hydrogens (primary N) is 1. The van der Waals surface area contributed by atoms with Gasteiger partial charge in [-0.05, 0) is 24.1 Å². The van der Waals surface area contributed by atoms with Crippen LogP contribution in [-0.2, 0) is 11.3 Å². The molecule has 5 nitrogen and oxygen atoms in total. The maximum atomic E-state index is 5.86. The van der Waals surface area contributed by atoms with Crippen LogP contribution in [0.5, 0.6) is 5.75 Å². The summed E-state index contributed by atoms with van der Waals surface area (Å²) in [5.74, 6) is 1.33. The average Bonchev–Trinajstić information content (AvgIpc) is 2.53. The van der Waals surface area contributed by atoms with Crippen molar-refractivity contribution in [1.29, 1.82) is 0 Å². The quantitative estimate of drug-likeness (QED) is 0.375. The molecule has 0 spiro atoms. The maximum absolute atomic E-state index is 5.86. The number of unbranched alkanes of at least 4 members (excludes halogenated alkanes) is 3. The fourth-order valence-electron chi connectivity index (χ4n) is 1.98. The van der Waals surface area contributed by atoms with Crippen LogP contribution in [0.15, 0.2) is 29.3 Å². The van der Waals surface area contributed by atoms with E-state index in [-0.39, 0.29) is 0 Å². The van der Waals surface area contributed by atoms with Gasteiger partial charge in [-0.25, -0.2) is 4.99 Å². The van der Waals surface area contributed by atoms with E-state index in [9.17, 15) is 0 Å². The van der Waals surface area contributed by atoms with E-state index < -0.39 is 0 Å². The van der Waals surface area contributed by atoms with E-state index >= 15 is 0 Å². The van der Waals surface area contributed by atoms with Crippen molar-refractivity contribution in [3.8, 4) is 5.75 Å². The van der Waals surface area contributed by atoms with E-state index in [2.05, 4.69) is 17.2 Å². The molecule has 0 atom stereocenters. The second-order valence-corrected chi connectivity index (χ2v) is 5.18. The Morgan fingerprint density at radius 2 is 2.09 bits per heavy atom. The molecule has 1 aromatic rings. The first kappa shape index (κ1) is 18.3. The molecule has 0 fully saturated rings. The zero-order chi connectivity index (χ0) is 16.0. The number of ether oxygens (including phenoxy) is 2. The highest BCUT2D eigenvalue weighted by Gasteiger charge is 1.98. The van der Waals surface area contributed by atoms with E-state index in [1.807, 2.05) is 24.3 Å². The van der Waals surface area contributed by atoms with Gasteiger partial charge in [0, 0.05) is 13.7 Å². The third-order valence-corrected chi connectivity index (χ3v) is 3.22. The topological polar surface area (TPSA) is 68.9 Å². The van der Waals surface area contributed by atoms with Gasteiger partial charge in [0.2, 0.25) is 0 Å². The summed E-state index contributed by atoms with van der Waals surface area (Å²) in [6.07, 6.45) is 4.88. The van der Waals surface area contributed by atoms with Crippen molar-refractivity contribution in [2.75, 3.05) is 26.9 Å². The highest BCUT2D eigenvalue weighted by molar-refractivity contribution is 5.77. The zero-order valence-electron chi connectivity index (χ0n) is 13.8. The van der Waals surface area contributed by atoms with Crippen molar-refractivity contribution in [1.82, 2.24) is 5.32 Å². The largest absolute Gasteiger partial charge is 0.491 e. The number of hydrogen-bond acceptors (Lipinski definition) is 3. The Bertz CT molecular complexity index is 436. The van der Waals surface area contributed by atoms with Gasteiger partial charge in [0.05, 0.1) is 13.2 Å². The van der Waals surface area contributed by atoms with Gasteiger partial charge < -0.3 is 20.5 Å². The molecular weight excluding hydrogens is 278 g/mol. The maximum Gasteiger partial charge on any atom is 0.188 e. The summed E-state index contributed by atoms with van der Waals surface area (Å²) in [7, 11) is 1.66. The first-order chi connectivity index (χ1) is 10.8. The second kappa shape index (κ2) is 11.9. The summed E-state index contributed by atoms with van der Waals surface area (Å²) in [4.78, 5) is 4.35. The fraction of sp³-hybridized carbons (Fsp3) is 0.588. The minimum Gasteiger partial charge on any atom is -0.491 e. The first-order valence-electron chi connectivity index (χ1n) is 8.00. The minimum absolute atomic E-state index is 0.502. The lowest BCUT2D eigenvalue weighted by atomic mass is 10.2. The van der Waals surface area contributed by atoms with Crippen molar-refractivity contribution in [3.63, 3.8) is 0 Å². The number of rotatable bonds is 11. The van der Waals surface area contributed by atoms with Crippen LogP contribution in [0, 0.1) is 0 Å². The van der Waals surface area contributed by atoms with Crippen LogP contribution in [0.4, 0.5) is 0 Å². The lowest BCUT2D eigenvalue weighted by Gasteiger charge is -2.07. The monoisotopic (exact) mass is 307 g/mol. The molecule has 124 valence electrons. The SMILES string of the molecule is CCCCCCNC(N)=NCc1cccc(OCCOC)c1. The van der Waals surface area contributed by atoms with Crippen molar-refractivity contribution >= 4 is 5.96 Å².